The van der Waals surface area contributed by atoms with Gasteiger partial charge in [0, 0.05) is 6.54 Å². The van der Waals surface area contributed by atoms with Gasteiger partial charge in [0.25, 0.3) is 0 Å². The molecule has 132 valence electrons. The van der Waals surface area contributed by atoms with E-state index in [-0.39, 0.29) is 23.8 Å². The maximum Gasteiger partial charge on any atom is 0.347 e. The zero-order valence-corrected chi connectivity index (χ0v) is 14.4. The van der Waals surface area contributed by atoms with Crippen LogP contribution in [0.3, 0.4) is 0 Å². The topological polar surface area (TPSA) is 64.6 Å². The molecule has 0 atom stereocenters. The molecule has 1 aliphatic rings. The van der Waals surface area contributed by atoms with E-state index >= 15 is 0 Å². The average Bonchev–Trinajstić information content (AvgIpc) is 2.97. The van der Waals surface area contributed by atoms with E-state index in [0.717, 1.165) is 11.1 Å². The highest BCUT2D eigenvalue weighted by atomic mass is 16.5. The molecule has 3 rings (SSSR count). The van der Waals surface area contributed by atoms with Crippen molar-refractivity contribution in [3.8, 4) is 0 Å². The van der Waals surface area contributed by atoms with E-state index < -0.39 is 11.8 Å². The van der Waals surface area contributed by atoms with Gasteiger partial charge in [-0.25, -0.2) is 4.79 Å². The average molecular weight is 349 g/mol. The molecule has 0 radical (unpaired) electrons. The minimum Gasteiger partial charge on any atom is -0.462 e. The number of ketones is 1. The normalized spacial score (nSPS) is 15.1. The molecule has 0 spiro atoms. The number of carbonyl (C=O) groups excluding carboxylic acids is 2. The molecule has 5 nitrogen and oxygen atoms in total. The Balaban J connectivity index is 1.85. The van der Waals surface area contributed by atoms with Gasteiger partial charge < -0.3 is 14.8 Å². The summed E-state index contributed by atoms with van der Waals surface area (Å²) in [6, 6.07) is 18.9. The van der Waals surface area contributed by atoms with Crippen molar-refractivity contribution in [2.75, 3.05) is 6.61 Å². The second-order valence-corrected chi connectivity index (χ2v) is 5.61. The van der Waals surface area contributed by atoms with Crippen LogP contribution in [0.1, 0.15) is 18.1 Å². The van der Waals surface area contributed by atoms with Gasteiger partial charge in [0.05, 0.1) is 6.61 Å². The van der Waals surface area contributed by atoms with Gasteiger partial charge in [0.2, 0.25) is 11.7 Å². The number of Topliss-reactive ketones (excluding diaryl/α,β-unsaturated/α-hetero) is 1. The number of rotatable bonds is 6. The molecule has 2 aromatic carbocycles. The molecule has 0 saturated heterocycles. The number of hydrogen-bond donors (Lipinski definition) is 1. The predicted molar refractivity (Wildman–Crippen MR) is 97.5 cm³/mol. The molecule has 1 N–H and O–H groups in total. The highest BCUT2D eigenvalue weighted by molar-refractivity contribution is 6.26. The van der Waals surface area contributed by atoms with Gasteiger partial charge >= 0.3 is 5.97 Å². The molecule has 0 bridgehead atoms. The number of nitrogens with one attached hydrogen (secondary N) is 1. The first-order chi connectivity index (χ1) is 12.7. The summed E-state index contributed by atoms with van der Waals surface area (Å²) in [5.41, 5.74) is 1.70. The Morgan fingerprint density at radius 2 is 1.73 bits per heavy atom. The lowest BCUT2D eigenvalue weighted by Gasteiger charge is -2.08. The summed E-state index contributed by atoms with van der Waals surface area (Å²) in [6.45, 7) is 2.29. The van der Waals surface area contributed by atoms with E-state index in [2.05, 4.69) is 5.32 Å². The van der Waals surface area contributed by atoms with E-state index in [1.165, 1.54) is 0 Å². The Bertz CT molecular complexity index is 854. The standard InChI is InChI=1S/C21H19NO4/c1-2-25-21(24)18-19(23)17(13-15-9-5-3-6-10-15)26-20(18)22-14-16-11-7-4-8-12-16/h3-13,22H,2,14H2,1H3/b17-13-. The monoisotopic (exact) mass is 349 g/mol. The van der Waals surface area contributed by atoms with Gasteiger partial charge in [-0.15, -0.1) is 0 Å². The van der Waals surface area contributed by atoms with E-state index in [4.69, 9.17) is 9.47 Å². The van der Waals surface area contributed by atoms with Crippen LogP contribution < -0.4 is 5.32 Å². The first kappa shape index (κ1) is 17.5. The predicted octanol–water partition coefficient (Wildman–Crippen LogP) is 3.19. The molecule has 1 heterocycles. The van der Waals surface area contributed by atoms with Crippen LogP contribution >= 0.6 is 0 Å². The largest absolute Gasteiger partial charge is 0.462 e. The Hall–Kier alpha value is -3.34. The number of allylic oxidation sites excluding steroid dienone is 1. The van der Waals surface area contributed by atoms with Crippen LogP contribution in [0.2, 0.25) is 0 Å². The fraction of sp³-hybridized carbons (Fsp3) is 0.143. The summed E-state index contributed by atoms with van der Waals surface area (Å²) < 4.78 is 10.7. The van der Waals surface area contributed by atoms with Gasteiger partial charge in [-0.2, -0.15) is 0 Å². The van der Waals surface area contributed by atoms with Crippen LogP contribution in [0.5, 0.6) is 0 Å². The molecule has 0 aliphatic carbocycles. The zero-order chi connectivity index (χ0) is 18.4. The molecule has 0 saturated carbocycles. The van der Waals surface area contributed by atoms with Crippen molar-refractivity contribution in [2.24, 2.45) is 0 Å². The van der Waals surface area contributed by atoms with Gasteiger partial charge in [-0.3, -0.25) is 4.79 Å². The van der Waals surface area contributed by atoms with Gasteiger partial charge in [-0.1, -0.05) is 60.7 Å². The first-order valence-corrected chi connectivity index (χ1v) is 8.37. The molecule has 0 aromatic heterocycles. The Kier molecular flexibility index (Phi) is 5.49. The SMILES string of the molecule is CCOC(=O)C1=C(NCc2ccccc2)O/C(=C\c2ccccc2)C1=O. The Morgan fingerprint density at radius 1 is 1.08 bits per heavy atom. The van der Waals surface area contributed by atoms with Crippen molar-refractivity contribution in [3.63, 3.8) is 0 Å². The summed E-state index contributed by atoms with van der Waals surface area (Å²) in [5, 5.41) is 3.03. The van der Waals surface area contributed by atoms with Crippen LogP contribution in [-0.4, -0.2) is 18.4 Å². The fourth-order valence-electron chi connectivity index (χ4n) is 2.52. The van der Waals surface area contributed by atoms with Crippen molar-refractivity contribution < 1.29 is 19.1 Å². The highest BCUT2D eigenvalue weighted by Crippen LogP contribution is 2.26. The van der Waals surface area contributed by atoms with Crippen molar-refractivity contribution in [1.29, 1.82) is 0 Å². The van der Waals surface area contributed by atoms with Crippen LogP contribution in [0.15, 0.2) is 77.9 Å². The lowest BCUT2D eigenvalue weighted by Crippen LogP contribution is -2.19. The summed E-state index contributed by atoms with van der Waals surface area (Å²) in [7, 11) is 0. The van der Waals surface area contributed by atoms with Crippen molar-refractivity contribution in [3.05, 3.63) is 89.0 Å². The molecule has 5 heteroatoms. The van der Waals surface area contributed by atoms with Crippen molar-refractivity contribution >= 4 is 17.8 Å². The summed E-state index contributed by atoms with van der Waals surface area (Å²) in [5.74, 6) is -0.957. The van der Waals surface area contributed by atoms with E-state index in [1.807, 2.05) is 60.7 Å². The maximum absolute atomic E-state index is 12.7. The van der Waals surface area contributed by atoms with Gasteiger partial charge in [0.15, 0.2) is 11.3 Å². The lowest BCUT2D eigenvalue weighted by atomic mass is 10.1. The lowest BCUT2D eigenvalue weighted by molar-refractivity contribution is -0.139. The number of carbonyl (C=O) groups is 2. The van der Waals surface area contributed by atoms with Crippen LogP contribution in [0.25, 0.3) is 6.08 Å². The minimum atomic E-state index is -0.690. The number of ether oxygens (including phenoxy) is 2. The Labute approximate surface area is 151 Å². The maximum atomic E-state index is 12.7. The summed E-state index contributed by atoms with van der Waals surface area (Å²) in [6.07, 6.45) is 1.61. The molecule has 2 aromatic rings. The van der Waals surface area contributed by atoms with Crippen molar-refractivity contribution in [1.82, 2.24) is 5.32 Å². The van der Waals surface area contributed by atoms with Crippen molar-refractivity contribution in [2.45, 2.75) is 13.5 Å². The summed E-state index contributed by atoms with van der Waals surface area (Å²) >= 11 is 0. The smallest absolute Gasteiger partial charge is 0.347 e. The third kappa shape index (κ3) is 4.00. The third-order valence-corrected chi connectivity index (χ3v) is 3.76. The fourth-order valence-corrected chi connectivity index (χ4v) is 2.52. The van der Waals surface area contributed by atoms with Gasteiger partial charge in [0.1, 0.15) is 0 Å². The second-order valence-electron chi connectivity index (χ2n) is 5.61. The first-order valence-electron chi connectivity index (χ1n) is 8.37. The molecule has 0 amide bonds. The number of esters is 1. The zero-order valence-electron chi connectivity index (χ0n) is 14.4. The molecule has 0 fully saturated rings. The Morgan fingerprint density at radius 3 is 2.38 bits per heavy atom. The van der Waals surface area contributed by atoms with Crippen LogP contribution in [0.4, 0.5) is 0 Å². The van der Waals surface area contributed by atoms with Crippen LogP contribution in [-0.2, 0) is 25.6 Å². The minimum absolute atomic E-state index is 0.0924. The quantitative estimate of drug-likeness (QED) is 0.493. The number of hydrogen-bond acceptors (Lipinski definition) is 5. The molecular weight excluding hydrogens is 330 g/mol. The van der Waals surface area contributed by atoms with E-state index in [0.29, 0.717) is 6.54 Å². The molecule has 26 heavy (non-hydrogen) atoms. The highest BCUT2D eigenvalue weighted by Gasteiger charge is 2.36. The molecule has 1 aliphatic heterocycles. The van der Waals surface area contributed by atoms with Crippen LogP contribution in [0, 0.1) is 0 Å². The molecule has 0 unspecified atom stereocenters. The second kappa shape index (κ2) is 8.16. The van der Waals surface area contributed by atoms with Gasteiger partial charge in [-0.05, 0) is 24.1 Å². The molecular formula is C21H19NO4. The third-order valence-electron chi connectivity index (χ3n) is 3.76. The van der Waals surface area contributed by atoms with E-state index in [1.54, 1.807) is 13.0 Å². The van der Waals surface area contributed by atoms with E-state index in [9.17, 15) is 9.59 Å². The summed E-state index contributed by atoms with van der Waals surface area (Å²) in [4.78, 5) is 24.9. The number of benzene rings is 2.